The molecule has 0 aliphatic carbocycles. The quantitative estimate of drug-likeness (QED) is 0.608. The maximum absolute atomic E-state index is 5.67. The van der Waals surface area contributed by atoms with E-state index in [1.165, 1.54) is 6.42 Å². The SMILES string of the molecule is C=C(CCC)Oc1ccc(/C=C/C)cc1OC.CCC. The number of hydrogen-bond donors (Lipinski definition) is 0. The Bertz CT molecular complexity index is 419. The molecule has 0 saturated heterocycles. The summed E-state index contributed by atoms with van der Waals surface area (Å²) < 4.78 is 11.0. The predicted octanol–water partition coefficient (Wildman–Crippen LogP) is 5.84. The van der Waals surface area contributed by atoms with Gasteiger partial charge < -0.3 is 9.47 Å². The fourth-order valence-electron chi connectivity index (χ4n) is 1.55. The van der Waals surface area contributed by atoms with Crippen molar-refractivity contribution >= 4 is 6.08 Å². The van der Waals surface area contributed by atoms with E-state index in [4.69, 9.17) is 9.47 Å². The van der Waals surface area contributed by atoms with Gasteiger partial charge in [-0.25, -0.2) is 0 Å². The molecule has 0 N–H and O–H groups in total. The highest BCUT2D eigenvalue weighted by Crippen LogP contribution is 2.30. The fourth-order valence-corrected chi connectivity index (χ4v) is 1.55. The smallest absolute Gasteiger partial charge is 0.168 e. The zero-order valence-electron chi connectivity index (χ0n) is 13.5. The van der Waals surface area contributed by atoms with Gasteiger partial charge in [-0.15, -0.1) is 0 Å². The molecule has 0 aliphatic rings. The average molecular weight is 276 g/mol. The maximum Gasteiger partial charge on any atom is 0.168 e. The molecule has 0 atom stereocenters. The van der Waals surface area contributed by atoms with E-state index in [0.29, 0.717) is 0 Å². The molecule has 0 aromatic heterocycles. The summed E-state index contributed by atoms with van der Waals surface area (Å²) in [6.07, 6.45) is 7.15. The van der Waals surface area contributed by atoms with Gasteiger partial charge in [-0.1, -0.05) is 52.0 Å². The van der Waals surface area contributed by atoms with E-state index >= 15 is 0 Å². The van der Waals surface area contributed by atoms with Crippen molar-refractivity contribution in [3.8, 4) is 11.5 Å². The number of rotatable bonds is 6. The summed E-state index contributed by atoms with van der Waals surface area (Å²) in [5, 5.41) is 0. The highest BCUT2D eigenvalue weighted by Gasteiger charge is 2.06. The second-order valence-electron chi connectivity index (χ2n) is 4.51. The molecule has 20 heavy (non-hydrogen) atoms. The Hall–Kier alpha value is -1.70. The summed E-state index contributed by atoms with van der Waals surface area (Å²) in [6.45, 7) is 12.2. The second kappa shape index (κ2) is 11.2. The largest absolute Gasteiger partial charge is 0.493 e. The van der Waals surface area contributed by atoms with Crippen molar-refractivity contribution in [1.29, 1.82) is 0 Å². The van der Waals surface area contributed by atoms with E-state index < -0.39 is 0 Å². The molecule has 0 bridgehead atoms. The van der Waals surface area contributed by atoms with Crippen molar-refractivity contribution in [2.45, 2.75) is 47.0 Å². The van der Waals surface area contributed by atoms with E-state index in [9.17, 15) is 0 Å². The van der Waals surface area contributed by atoms with E-state index in [-0.39, 0.29) is 0 Å². The van der Waals surface area contributed by atoms with Crippen LogP contribution in [0.1, 0.15) is 52.5 Å². The summed E-state index contributed by atoms with van der Waals surface area (Å²) in [4.78, 5) is 0. The minimum Gasteiger partial charge on any atom is -0.493 e. The molecule has 0 heterocycles. The summed E-state index contributed by atoms with van der Waals surface area (Å²) in [5.74, 6) is 2.22. The van der Waals surface area contributed by atoms with Gasteiger partial charge in [0.05, 0.1) is 12.9 Å². The highest BCUT2D eigenvalue weighted by atomic mass is 16.5. The third-order valence-corrected chi connectivity index (χ3v) is 2.33. The van der Waals surface area contributed by atoms with Gasteiger partial charge in [-0.05, 0) is 31.0 Å². The summed E-state index contributed by atoms with van der Waals surface area (Å²) >= 11 is 0. The summed E-state index contributed by atoms with van der Waals surface area (Å²) in [7, 11) is 1.64. The molecule has 0 unspecified atom stereocenters. The lowest BCUT2D eigenvalue weighted by molar-refractivity contribution is 0.352. The van der Waals surface area contributed by atoms with Gasteiger partial charge in [0.1, 0.15) is 0 Å². The lowest BCUT2D eigenvalue weighted by Gasteiger charge is -2.12. The molecule has 2 nitrogen and oxygen atoms in total. The first-order valence-corrected chi connectivity index (χ1v) is 7.29. The minimum atomic E-state index is 0.721. The van der Waals surface area contributed by atoms with Gasteiger partial charge in [0.2, 0.25) is 0 Å². The molecule has 0 aliphatic heterocycles. The van der Waals surface area contributed by atoms with E-state index in [1.807, 2.05) is 37.3 Å². The lowest BCUT2D eigenvalue weighted by atomic mass is 10.2. The Kier molecular flexibility index (Phi) is 10.2. The van der Waals surface area contributed by atoms with Crippen LogP contribution in [0.25, 0.3) is 6.08 Å². The minimum absolute atomic E-state index is 0.721. The first-order chi connectivity index (χ1) is 9.62. The molecule has 2 heteroatoms. The van der Waals surface area contributed by atoms with Gasteiger partial charge >= 0.3 is 0 Å². The third-order valence-electron chi connectivity index (χ3n) is 2.33. The molecule has 112 valence electrons. The third kappa shape index (κ3) is 7.03. The Labute approximate surface area is 124 Å². The molecule has 1 rings (SSSR count). The first kappa shape index (κ1) is 18.3. The van der Waals surface area contributed by atoms with E-state index in [1.54, 1.807) is 7.11 Å². The zero-order valence-corrected chi connectivity index (χ0v) is 13.5. The van der Waals surface area contributed by atoms with Crippen molar-refractivity contribution in [2.24, 2.45) is 0 Å². The van der Waals surface area contributed by atoms with Crippen LogP contribution in [0.3, 0.4) is 0 Å². The van der Waals surface area contributed by atoms with Crippen LogP contribution in [0.5, 0.6) is 11.5 Å². The number of ether oxygens (including phenoxy) is 2. The van der Waals surface area contributed by atoms with Gasteiger partial charge in [0.25, 0.3) is 0 Å². The van der Waals surface area contributed by atoms with Crippen LogP contribution in [0.4, 0.5) is 0 Å². The molecule has 0 spiro atoms. The van der Waals surface area contributed by atoms with Crippen molar-refractivity contribution in [2.75, 3.05) is 7.11 Å². The van der Waals surface area contributed by atoms with Crippen LogP contribution < -0.4 is 9.47 Å². The summed E-state index contributed by atoms with van der Waals surface area (Å²) in [6, 6.07) is 5.86. The molecule has 1 aromatic rings. The lowest BCUT2D eigenvalue weighted by Crippen LogP contribution is -1.96. The Morgan fingerprint density at radius 3 is 2.35 bits per heavy atom. The number of hydrogen-bond acceptors (Lipinski definition) is 2. The number of allylic oxidation sites excluding steroid dienone is 2. The molecule has 0 amide bonds. The van der Waals surface area contributed by atoms with Crippen LogP contribution in [0, 0.1) is 0 Å². The Morgan fingerprint density at radius 2 is 1.85 bits per heavy atom. The van der Waals surface area contributed by atoms with Crippen molar-refractivity contribution in [1.82, 2.24) is 0 Å². The van der Waals surface area contributed by atoms with Crippen molar-refractivity contribution in [3.05, 3.63) is 42.2 Å². The van der Waals surface area contributed by atoms with Crippen LogP contribution in [-0.2, 0) is 0 Å². The molecular formula is C18H28O2. The monoisotopic (exact) mass is 276 g/mol. The molecular weight excluding hydrogens is 248 g/mol. The van der Waals surface area contributed by atoms with Gasteiger partial charge in [-0.2, -0.15) is 0 Å². The van der Waals surface area contributed by atoms with Crippen molar-refractivity contribution < 1.29 is 9.47 Å². The Balaban J connectivity index is 0.00000110. The summed E-state index contributed by atoms with van der Waals surface area (Å²) in [5.41, 5.74) is 1.10. The number of methoxy groups -OCH3 is 1. The Morgan fingerprint density at radius 1 is 1.20 bits per heavy atom. The molecule has 0 saturated carbocycles. The standard InChI is InChI=1S/C15H20O2.C3H8/c1-5-7-12(3)17-14-10-9-13(8-6-2)11-15(14)16-4;1-3-2/h6,8-11H,3,5,7H2,1-2,4H3;3H2,1-2H3/b8-6+;. The number of benzene rings is 1. The van der Waals surface area contributed by atoms with Gasteiger partial charge in [0.15, 0.2) is 11.5 Å². The highest BCUT2D eigenvalue weighted by molar-refractivity contribution is 5.55. The van der Waals surface area contributed by atoms with Gasteiger partial charge in [0, 0.05) is 6.42 Å². The fraction of sp³-hybridized carbons (Fsp3) is 0.444. The molecule has 0 radical (unpaired) electrons. The molecule has 0 fully saturated rings. The zero-order chi connectivity index (χ0) is 15.4. The average Bonchev–Trinajstić information content (AvgIpc) is 2.42. The van der Waals surface area contributed by atoms with Crippen LogP contribution in [-0.4, -0.2) is 7.11 Å². The topological polar surface area (TPSA) is 18.5 Å². The van der Waals surface area contributed by atoms with E-state index in [2.05, 4.69) is 27.4 Å². The van der Waals surface area contributed by atoms with Crippen LogP contribution >= 0.6 is 0 Å². The first-order valence-electron chi connectivity index (χ1n) is 7.29. The van der Waals surface area contributed by atoms with Crippen LogP contribution in [0.15, 0.2) is 36.6 Å². The van der Waals surface area contributed by atoms with Crippen LogP contribution in [0.2, 0.25) is 0 Å². The predicted molar refractivity (Wildman–Crippen MR) is 88.3 cm³/mol. The second-order valence-corrected chi connectivity index (χ2v) is 4.51. The maximum atomic E-state index is 5.67. The van der Waals surface area contributed by atoms with Crippen molar-refractivity contribution in [3.63, 3.8) is 0 Å². The van der Waals surface area contributed by atoms with E-state index in [0.717, 1.165) is 35.7 Å². The molecule has 1 aromatic carbocycles. The van der Waals surface area contributed by atoms with Gasteiger partial charge in [-0.3, -0.25) is 0 Å². The normalized spacial score (nSPS) is 9.85.